The van der Waals surface area contributed by atoms with Crippen molar-refractivity contribution < 1.29 is 19.1 Å². The molecule has 0 heterocycles. The van der Waals surface area contributed by atoms with Gasteiger partial charge in [-0.25, -0.2) is 4.79 Å². The Labute approximate surface area is 138 Å². The van der Waals surface area contributed by atoms with Gasteiger partial charge in [0.25, 0.3) is 0 Å². The Balaban J connectivity index is 2.83. The fourth-order valence-corrected chi connectivity index (χ4v) is 2.00. The summed E-state index contributed by atoms with van der Waals surface area (Å²) in [5.41, 5.74) is 11.0. The number of hydrogen-bond donors (Lipinski definition) is 3. The number of Topliss-reactive ketones (excluding diaryl/α,β-unsaturated/α-hetero) is 1. The molecular formula is C15H18ClN3O4. The van der Waals surface area contributed by atoms with E-state index in [1.807, 2.05) is 0 Å². The van der Waals surface area contributed by atoms with Gasteiger partial charge in [-0.3, -0.25) is 10.2 Å². The maximum atomic E-state index is 12.1. The number of methoxy groups -OCH3 is 1. The number of rotatable bonds is 7. The zero-order valence-corrected chi connectivity index (χ0v) is 13.6. The number of ether oxygens (including phenoxy) is 2. The van der Waals surface area contributed by atoms with Crippen LogP contribution in [0.1, 0.15) is 23.7 Å². The predicted molar refractivity (Wildman–Crippen MR) is 86.7 cm³/mol. The summed E-state index contributed by atoms with van der Waals surface area (Å²) in [6, 6.07) is 4.52. The van der Waals surface area contributed by atoms with Crippen molar-refractivity contribution in [2.45, 2.75) is 13.3 Å². The maximum absolute atomic E-state index is 12.1. The number of nitrogens with two attached hydrogens (primary N) is 2. The summed E-state index contributed by atoms with van der Waals surface area (Å²) in [6.45, 7) is 1.16. The van der Waals surface area contributed by atoms with Gasteiger partial charge >= 0.3 is 5.97 Å². The van der Waals surface area contributed by atoms with Crippen LogP contribution >= 0.6 is 11.6 Å². The minimum atomic E-state index is -0.921. The smallest absolute Gasteiger partial charge is 0.344 e. The van der Waals surface area contributed by atoms with Gasteiger partial charge in [-0.2, -0.15) is 0 Å². The highest BCUT2D eigenvalue weighted by molar-refractivity contribution is 6.34. The van der Waals surface area contributed by atoms with Crippen molar-refractivity contribution in [2.24, 2.45) is 11.5 Å². The van der Waals surface area contributed by atoms with Gasteiger partial charge in [-0.1, -0.05) is 18.5 Å². The molecule has 23 heavy (non-hydrogen) atoms. The first-order valence-electron chi connectivity index (χ1n) is 6.68. The molecule has 5 N–H and O–H groups in total. The molecule has 7 nitrogen and oxygen atoms in total. The summed E-state index contributed by atoms with van der Waals surface area (Å²) in [7, 11) is 1.47. The molecule has 8 heteroatoms. The van der Waals surface area contributed by atoms with E-state index in [9.17, 15) is 9.59 Å². The van der Waals surface area contributed by atoms with Crippen LogP contribution < -0.4 is 16.2 Å². The molecule has 0 fully saturated rings. The number of nitrogens with one attached hydrogen (secondary N) is 1. The number of carbonyl (C=O) groups is 2. The van der Waals surface area contributed by atoms with Crippen molar-refractivity contribution in [1.82, 2.24) is 0 Å². The molecule has 0 spiro atoms. The van der Waals surface area contributed by atoms with Gasteiger partial charge in [0.15, 0.2) is 6.61 Å². The van der Waals surface area contributed by atoms with E-state index in [-0.39, 0.29) is 21.9 Å². The van der Waals surface area contributed by atoms with Crippen LogP contribution in [-0.2, 0) is 9.53 Å². The first kappa shape index (κ1) is 18.5. The van der Waals surface area contributed by atoms with Crippen molar-refractivity contribution >= 4 is 29.2 Å². The topological polar surface area (TPSA) is 128 Å². The van der Waals surface area contributed by atoms with E-state index in [2.05, 4.69) is 0 Å². The van der Waals surface area contributed by atoms with E-state index < -0.39 is 24.2 Å². The van der Waals surface area contributed by atoms with Crippen LogP contribution in [0.5, 0.6) is 5.75 Å². The molecular weight excluding hydrogens is 322 g/mol. The van der Waals surface area contributed by atoms with E-state index in [1.165, 1.54) is 19.2 Å². The van der Waals surface area contributed by atoms with Gasteiger partial charge in [0.1, 0.15) is 17.2 Å². The van der Waals surface area contributed by atoms with Gasteiger partial charge < -0.3 is 20.9 Å². The Bertz CT molecular complexity index is 671. The first-order valence-corrected chi connectivity index (χ1v) is 7.06. The molecule has 0 saturated heterocycles. The number of hydrogen-bond acceptors (Lipinski definition) is 6. The molecule has 1 aromatic carbocycles. The minimum absolute atomic E-state index is 0.123. The lowest BCUT2D eigenvalue weighted by atomic mass is 10.1. The maximum Gasteiger partial charge on any atom is 0.344 e. The molecule has 0 atom stereocenters. The number of benzene rings is 1. The summed E-state index contributed by atoms with van der Waals surface area (Å²) in [4.78, 5) is 24.0. The van der Waals surface area contributed by atoms with Crippen LogP contribution in [0.15, 0.2) is 29.5 Å². The first-order chi connectivity index (χ1) is 10.8. The van der Waals surface area contributed by atoms with Crippen molar-refractivity contribution in [3.05, 3.63) is 40.1 Å². The minimum Gasteiger partial charge on any atom is -0.497 e. The Hall–Kier alpha value is -2.54. The lowest BCUT2D eigenvalue weighted by Gasteiger charge is -2.10. The third-order valence-electron chi connectivity index (χ3n) is 2.99. The molecule has 0 bridgehead atoms. The Kier molecular flexibility index (Phi) is 6.59. The average Bonchev–Trinajstić information content (AvgIpc) is 2.51. The standard InChI is InChI=1S/C15H18ClN3O4/c1-3-11(17)13(14(18)19)15(21)23-7-12(20)9-5-4-8(22-2)6-10(9)16/h4-6H,3,7,17H2,1-2H3,(H3,18,19)/b13-11+. The van der Waals surface area contributed by atoms with Crippen molar-refractivity contribution in [3.63, 3.8) is 0 Å². The average molecular weight is 340 g/mol. The largest absolute Gasteiger partial charge is 0.497 e. The number of ketones is 1. The zero-order valence-electron chi connectivity index (χ0n) is 12.8. The fraction of sp³-hybridized carbons (Fsp3) is 0.267. The van der Waals surface area contributed by atoms with Crippen LogP contribution in [-0.4, -0.2) is 31.3 Å². The molecule has 1 rings (SSSR count). The fourth-order valence-electron chi connectivity index (χ4n) is 1.72. The molecule has 0 unspecified atom stereocenters. The van der Waals surface area contributed by atoms with Crippen LogP contribution in [0.2, 0.25) is 5.02 Å². The van der Waals surface area contributed by atoms with Crippen molar-refractivity contribution in [1.29, 1.82) is 5.41 Å². The lowest BCUT2D eigenvalue weighted by Crippen LogP contribution is -2.27. The number of carbonyl (C=O) groups excluding carboxylic acids is 2. The molecule has 0 aliphatic heterocycles. The van der Waals surface area contributed by atoms with Crippen LogP contribution in [0.4, 0.5) is 0 Å². The van der Waals surface area contributed by atoms with E-state index in [1.54, 1.807) is 13.0 Å². The second-order valence-corrected chi connectivity index (χ2v) is 4.92. The highest BCUT2D eigenvalue weighted by Gasteiger charge is 2.20. The van der Waals surface area contributed by atoms with Crippen LogP contribution in [0.25, 0.3) is 0 Å². The van der Waals surface area contributed by atoms with E-state index in [0.717, 1.165) is 0 Å². The molecule has 124 valence electrons. The highest BCUT2D eigenvalue weighted by Crippen LogP contribution is 2.22. The Morgan fingerprint density at radius 2 is 1.96 bits per heavy atom. The van der Waals surface area contributed by atoms with Gasteiger partial charge in [0.05, 0.1) is 12.1 Å². The summed E-state index contributed by atoms with van der Waals surface area (Å²) < 4.78 is 9.87. The van der Waals surface area contributed by atoms with E-state index >= 15 is 0 Å². The van der Waals surface area contributed by atoms with E-state index in [4.69, 9.17) is 38.0 Å². The molecule has 0 aliphatic rings. The molecule has 1 aromatic rings. The summed E-state index contributed by atoms with van der Waals surface area (Å²) in [5.74, 6) is -1.43. The van der Waals surface area contributed by atoms with Gasteiger partial charge in [-0.05, 0) is 24.6 Å². The molecule has 0 radical (unpaired) electrons. The third kappa shape index (κ3) is 4.72. The quantitative estimate of drug-likeness (QED) is 0.228. The lowest BCUT2D eigenvalue weighted by molar-refractivity contribution is -0.137. The van der Waals surface area contributed by atoms with Gasteiger partial charge in [0.2, 0.25) is 5.78 Å². The predicted octanol–water partition coefficient (Wildman–Crippen LogP) is 1.63. The summed E-state index contributed by atoms with van der Waals surface area (Å²) in [6.07, 6.45) is 0.322. The second-order valence-electron chi connectivity index (χ2n) is 4.51. The Morgan fingerprint density at radius 3 is 2.43 bits per heavy atom. The van der Waals surface area contributed by atoms with Crippen LogP contribution in [0.3, 0.4) is 0 Å². The van der Waals surface area contributed by atoms with E-state index in [0.29, 0.717) is 12.2 Å². The molecule has 0 amide bonds. The third-order valence-corrected chi connectivity index (χ3v) is 3.30. The Morgan fingerprint density at radius 1 is 1.30 bits per heavy atom. The molecule has 0 aliphatic carbocycles. The summed E-state index contributed by atoms with van der Waals surface area (Å²) in [5, 5.41) is 7.54. The molecule has 0 saturated carbocycles. The number of allylic oxidation sites excluding steroid dienone is 1. The SMILES string of the molecule is CC/C(N)=C(/C(=N)N)C(=O)OCC(=O)c1ccc(OC)cc1Cl. The van der Waals surface area contributed by atoms with Crippen LogP contribution in [0, 0.1) is 5.41 Å². The number of esters is 1. The monoisotopic (exact) mass is 339 g/mol. The van der Waals surface area contributed by atoms with Gasteiger partial charge in [-0.15, -0.1) is 0 Å². The zero-order chi connectivity index (χ0) is 17.6. The highest BCUT2D eigenvalue weighted by atomic mass is 35.5. The van der Waals surface area contributed by atoms with Crippen molar-refractivity contribution in [2.75, 3.05) is 13.7 Å². The van der Waals surface area contributed by atoms with Gasteiger partial charge in [0, 0.05) is 11.3 Å². The number of halogens is 1. The molecule has 0 aromatic heterocycles. The summed E-state index contributed by atoms with van der Waals surface area (Å²) >= 11 is 5.98. The normalized spacial score (nSPS) is 11.4. The number of amidine groups is 1. The second kappa shape index (κ2) is 8.19. The van der Waals surface area contributed by atoms with Crippen molar-refractivity contribution in [3.8, 4) is 5.75 Å².